The molecule has 0 aliphatic heterocycles. The van der Waals surface area contributed by atoms with Crippen molar-refractivity contribution in [1.82, 2.24) is 9.88 Å². The van der Waals surface area contributed by atoms with Crippen molar-refractivity contribution in [2.45, 2.75) is 66.8 Å². The van der Waals surface area contributed by atoms with Crippen molar-refractivity contribution in [3.05, 3.63) is 98.9 Å². The Kier molecular flexibility index (Phi) is 13.2. The lowest BCUT2D eigenvalue weighted by Crippen LogP contribution is -2.45. The van der Waals surface area contributed by atoms with Gasteiger partial charge in [-0.2, -0.15) is 0 Å². The maximum atomic E-state index is 12.9. The fourth-order valence-corrected chi connectivity index (χ4v) is 4.81. The highest BCUT2D eigenvalue weighted by Crippen LogP contribution is 2.19. The standard InChI is InChI=1S/C23H26N2O3.C13H14O2/c1-6-9-18-12-16(2)20(17(3)13-18)15-22(26)25(4)21(23(27)28-5)14-19-10-7-8-11-24-19;1-4-5-11-6-9(2)12(8-13(14)15)10(3)7-11/h7-8,10-13,21H,14-15H2,1-5H3;6-7H,8H2,1-3H3,(H,14,15). The molecule has 1 heterocycles. The Morgan fingerprint density at radius 1 is 0.860 bits per heavy atom. The molecule has 7 nitrogen and oxygen atoms in total. The van der Waals surface area contributed by atoms with E-state index in [4.69, 9.17) is 9.84 Å². The molecule has 0 bridgehead atoms. The van der Waals surface area contributed by atoms with Gasteiger partial charge in [0.25, 0.3) is 0 Å². The van der Waals surface area contributed by atoms with Gasteiger partial charge in [-0.25, -0.2) is 4.79 Å². The first kappa shape index (κ1) is 34.3. The van der Waals surface area contributed by atoms with Crippen LogP contribution in [0, 0.1) is 51.4 Å². The molecule has 0 radical (unpaired) electrons. The van der Waals surface area contributed by atoms with E-state index in [2.05, 4.69) is 28.7 Å². The van der Waals surface area contributed by atoms with Gasteiger partial charge >= 0.3 is 11.9 Å². The SMILES string of the molecule is CC#Cc1cc(C)c(CC(=O)N(C)C(Cc2ccccn2)C(=O)OC)c(C)c1.CC#Cc1cc(C)c(CC(=O)O)c(C)c1. The van der Waals surface area contributed by atoms with E-state index in [1.54, 1.807) is 27.1 Å². The highest BCUT2D eigenvalue weighted by Gasteiger charge is 2.29. The summed E-state index contributed by atoms with van der Waals surface area (Å²) in [5, 5.41) is 8.76. The summed E-state index contributed by atoms with van der Waals surface area (Å²) in [6, 6.07) is 12.6. The fourth-order valence-electron chi connectivity index (χ4n) is 4.81. The molecule has 43 heavy (non-hydrogen) atoms. The van der Waals surface area contributed by atoms with Gasteiger partial charge in [-0.05, 0) is 111 Å². The van der Waals surface area contributed by atoms with Gasteiger partial charge in [0.1, 0.15) is 6.04 Å². The Morgan fingerprint density at radius 2 is 1.35 bits per heavy atom. The van der Waals surface area contributed by atoms with E-state index in [0.717, 1.165) is 50.2 Å². The number of amides is 1. The van der Waals surface area contributed by atoms with Crippen LogP contribution in [0.5, 0.6) is 0 Å². The smallest absolute Gasteiger partial charge is 0.328 e. The molecule has 3 aromatic rings. The molecule has 224 valence electrons. The number of benzene rings is 2. The molecule has 1 N–H and O–H groups in total. The van der Waals surface area contributed by atoms with Crippen LogP contribution in [0.4, 0.5) is 0 Å². The Labute approximate surface area is 255 Å². The van der Waals surface area contributed by atoms with E-state index < -0.39 is 18.0 Å². The van der Waals surface area contributed by atoms with Gasteiger partial charge in [0.2, 0.25) is 5.91 Å². The summed E-state index contributed by atoms with van der Waals surface area (Å²) in [7, 11) is 2.96. The van der Waals surface area contributed by atoms with Crippen molar-refractivity contribution in [2.24, 2.45) is 0 Å². The van der Waals surface area contributed by atoms with Gasteiger partial charge in [-0.3, -0.25) is 14.6 Å². The normalized spacial score (nSPS) is 10.5. The van der Waals surface area contributed by atoms with Gasteiger partial charge in [0.05, 0.1) is 20.0 Å². The number of nitrogens with zero attached hydrogens (tertiary/aromatic N) is 2. The summed E-state index contributed by atoms with van der Waals surface area (Å²) < 4.78 is 4.92. The van der Waals surface area contributed by atoms with Crippen LogP contribution < -0.4 is 0 Å². The molecular weight excluding hydrogens is 540 g/mol. The Balaban J connectivity index is 0.000000362. The van der Waals surface area contributed by atoms with Crippen molar-refractivity contribution in [3.8, 4) is 23.7 Å². The van der Waals surface area contributed by atoms with E-state index in [0.29, 0.717) is 6.42 Å². The van der Waals surface area contributed by atoms with Crippen LogP contribution in [-0.4, -0.2) is 53.0 Å². The summed E-state index contributed by atoms with van der Waals surface area (Å²) >= 11 is 0. The molecule has 2 aromatic carbocycles. The molecule has 0 fully saturated rings. The number of hydrogen-bond acceptors (Lipinski definition) is 5. The van der Waals surface area contributed by atoms with E-state index in [1.165, 1.54) is 12.0 Å². The van der Waals surface area contributed by atoms with Crippen LogP contribution >= 0.6 is 0 Å². The number of esters is 1. The van der Waals surface area contributed by atoms with Gasteiger partial charge in [-0.1, -0.05) is 17.9 Å². The molecule has 0 spiro atoms. The average molecular weight is 581 g/mol. The maximum absolute atomic E-state index is 12.9. The first-order valence-corrected chi connectivity index (χ1v) is 13.9. The van der Waals surface area contributed by atoms with Gasteiger partial charge < -0.3 is 14.7 Å². The summed E-state index contributed by atoms with van der Waals surface area (Å²) in [4.78, 5) is 41.6. The number of aromatic nitrogens is 1. The van der Waals surface area contributed by atoms with E-state index in [1.807, 2.05) is 70.2 Å². The van der Waals surface area contributed by atoms with E-state index in [-0.39, 0.29) is 18.7 Å². The van der Waals surface area contributed by atoms with E-state index in [9.17, 15) is 14.4 Å². The monoisotopic (exact) mass is 580 g/mol. The zero-order valence-corrected chi connectivity index (χ0v) is 26.3. The Morgan fingerprint density at radius 3 is 1.74 bits per heavy atom. The molecule has 1 amide bonds. The molecule has 1 unspecified atom stereocenters. The first-order valence-electron chi connectivity index (χ1n) is 13.9. The number of pyridine rings is 1. The molecule has 0 saturated heterocycles. The highest BCUT2D eigenvalue weighted by molar-refractivity contribution is 5.86. The quantitative estimate of drug-likeness (QED) is 0.292. The number of likely N-dealkylation sites (N-methyl/N-ethyl adjacent to an activating group) is 1. The predicted octanol–water partition coefficient (Wildman–Crippen LogP) is 5.16. The summed E-state index contributed by atoms with van der Waals surface area (Å²) in [5.41, 5.74) is 8.48. The second-order valence-corrected chi connectivity index (χ2v) is 10.2. The average Bonchev–Trinajstić information content (AvgIpc) is 2.96. The number of carbonyl (C=O) groups excluding carboxylic acids is 2. The van der Waals surface area contributed by atoms with Crippen molar-refractivity contribution in [2.75, 3.05) is 14.2 Å². The number of aliphatic carboxylic acids is 1. The lowest BCUT2D eigenvalue weighted by Gasteiger charge is -2.26. The van der Waals surface area contributed by atoms with Crippen LogP contribution in [0.15, 0.2) is 48.7 Å². The van der Waals surface area contributed by atoms with Crippen LogP contribution in [0.1, 0.15) is 64.0 Å². The summed E-state index contributed by atoms with van der Waals surface area (Å²) in [6.45, 7) is 11.4. The second-order valence-electron chi connectivity index (χ2n) is 10.2. The van der Waals surface area contributed by atoms with Crippen molar-refractivity contribution < 1.29 is 24.2 Å². The largest absolute Gasteiger partial charge is 0.481 e. The molecule has 0 aliphatic carbocycles. The van der Waals surface area contributed by atoms with Crippen molar-refractivity contribution >= 4 is 17.8 Å². The minimum absolute atomic E-state index is 0.0809. The zero-order valence-electron chi connectivity index (χ0n) is 26.3. The fraction of sp³-hybridized carbons (Fsp3) is 0.333. The van der Waals surface area contributed by atoms with Crippen LogP contribution in [0.25, 0.3) is 0 Å². The number of carbonyl (C=O) groups is 3. The van der Waals surface area contributed by atoms with Crippen molar-refractivity contribution in [1.29, 1.82) is 0 Å². The molecule has 7 heteroatoms. The molecule has 1 aromatic heterocycles. The number of aryl methyl sites for hydroxylation is 4. The number of hydrogen-bond donors (Lipinski definition) is 1. The van der Waals surface area contributed by atoms with Gasteiger partial charge in [-0.15, -0.1) is 11.8 Å². The lowest BCUT2D eigenvalue weighted by atomic mass is 9.96. The highest BCUT2D eigenvalue weighted by atomic mass is 16.5. The molecule has 0 saturated carbocycles. The van der Waals surface area contributed by atoms with Gasteiger partial charge in [0, 0.05) is 36.5 Å². The van der Waals surface area contributed by atoms with Crippen LogP contribution in [0.2, 0.25) is 0 Å². The third-order valence-corrected chi connectivity index (χ3v) is 7.05. The topological polar surface area (TPSA) is 96.8 Å². The van der Waals surface area contributed by atoms with Crippen LogP contribution in [-0.2, 0) is 38.4 Å². The number of carboxylic acid groups (broad SMARTS) is 1. The number of rotatable bonds is 8. The predicted molar refractivity (Wildman–Crippen MR) is 168 cm³/mol. The third-order valence-electron chi connectivity index (χ3n) is 7.05. The van der Waals surface area contributed by atoms with Gasteiger partial charge in [0.15, 0.2) is 0 Å². The molecular formula is C36H40N2O5. The summed E-state index contributed by atoms with van der Waals surface area (Å²) in [6.07, 6.45) is 2.26. The van der Waals surface area contributed by atoms with Crippen LogP contribution in [0.3, 0.4) is 0 Å². The number of carboxylic acids is 1. The zero-order chi connectivity index (χ0) is 32.1. The van der Waals surface area contributed by atoms with E-state index >= 15 is 0 Å². The summed E-state index contributed by atoms with van der Waals surface area (Å²) in [5.74, 6) is 10.3. The number of methoxy groups -OCH3 is 1. The van der Waals surface area contributed by atoms with Crippen molar-refractivity contribution in [3.63, 3.8) is 0 Å². The maximum Gasteiger partial charge on any atom is 0.328 e. The number of ether oxygens (including phenoxy) is 1. The molecule has 1 atom stereocenters. The molecule has 3 rings (SSSR count). The Bertz CT molecular complexity index is 1540. The Hall–Kier alpha value is -4.88. The third kappa shape index (κ3) is 10.2. The lowest BCUT2D eigenvalue weighted by molar-refractivity contribution is -0.151. The second kappa shape index (κ2) is 16.5. The molecule has 0 aliphatic rings. The minimum atomic E-state index is -0.796. The first-order chi connectivity index (χ1) is 20.4. The minimum Gasteiger partial charge on any atom is -0.481 e.